The smallest absolute Gasteiger partial charge is 0.237 e. The van der Waals surface area contributed by atoms with Gasteiger partial charge in [-0.25, -0.2) is 15.0 Å². The Morgan fingerprint density at radius 1 is 1.22 bits per heavy atom. The first kappa shape index (κ1) is 24.9. The summed E-state index contributed by atoms with van der Waals surface area (Å²) in [6.07, 6.45) is 8.45. The van der Waals surface area contributed by atoms with Crippen molar-refractivity contribution in [3.05, 3.63) is 53.3 Å². The van der Waals surface area contributed by atoms with Crippen LogP contribution in [0.3, 0.4) is 0 Å². The molecule has 3 N–H and O–H groups in total. The number of aliphatic hydroxyl groups is 1. The summed E-state index contributed by atoms with van der Waals surface area (Å²) in [5.41, 5.74) is 4.84. The van der Waals surface area contributed by atoms with Crippen LogP contribution >= 0.6 is 0 Å². The lowest BCUT2D eigenvalue weighted by Gasteiger charge is -2.24. The second-order valence-electron chi connectivity index (χ2n) is 9.69. The fraction of sp³-hybridized carbons (Fsp3) is 0.429. The van der Waals surface area contributed by atoms with Gasteiger partial charge in [0.25, 0.3) is 0 Å². The van der Waals surface area contributed by atoms with E-state index in [1.54, 1.807) is 24.5 Å². The van der Waals surface area contributed by atoms with E-state index in [0.717, 1.165) is 30.1 Å². The van der Waals surface area contributed by atoms with Crippen LogP contribution in [0, 0.1) is 18.3 Å². The molecule has 1 saturated carbocycles. The van der Waals surface area contributed by atoms with Gasteiger partial charge in [0.1, 0.15) is 18.4 Å². The summed E-state index contributed by atoms with van der Waals surface area (Å²) in [6, 6.07) is 10.8. The van der Waals surface area contributed by atoms with Gasteiger partial charge < -0.3 is 20.5 Å². The Balaban J connectivity index is 1.37. The van der Waals surface area contributed by atoms with Gasteiger partial charge in [-0.15, -0.1) is 0 Å². The van der Waals surface area contributed by atoms with E-state index in [0.29, 0.717) is 59.2 Å². The van der Waals surface area contributed by atoms with E-state index in [1.807, 2.05) is 26.0 Å². The van der Waals surface area contributed by atoms with Crippen LogP contribution in [0.25, 0.3) is 11.3 Å². The molecule has 2 aliphatic rings. The molecular formula is C28H33N7O2. The maximum atomic E-state index is 9.90. The lowest BCUT2D eigenvalue weighted by atomic mass is 10.0. The van der Waals surface area contributed by atoms with Crippen molar-refractivity contribution in [2.45, 2.75) is 58.2 Å². The number of anilines is 3. The van der Waals surface area contributed by atoms with E-state index in [-0.39, 0.29) is 6.61 Å². The Bertz CT molecular complexity index is 1300. The number of nitrogens with zero attached hydrogens (tertiary/aromatic N) is 5. The van der Waals surface area contributed by atoms with Crippen molar-refractivity contribution in [3.63, 3.8) is 0 Å². The van der Waals surface area contributed by atoms with Crippen LogP contribution in [0.2, 0.25) is 0 Å². The molecule has 0 radical (unpaired) electrons. The van der Waals surface area contributed by atoms with E-state index >= 15 is 0 Å². The van der Waals surface area contributed by atoms with Crippen LogP contribution in [0.1, 0.15) is 49.3 Å². The summed E-state index contributed by atoms with van der Waals surface area (Å²) >= 11 is 0. The normalized spacial score (nSPS) is 17.4. The third-order valence-electron chi connectivity index (χ3n) is 6.90. The highest BCUT2D eigenvalue weighted by atomic mass is 16.5. The van der Waals surface area contributed by atoms with Crippen molar-refractivity contribution in [2.75, 3.05) is 30.3 Å². The highest BCUT2D eigenvalue weighted by Gasteiger charge is 2.37. The van der Waals surface area contributed by atoms with E-state index in [2.05, 4.69) is 31.6 Å². The molecule has 1 aliphatic carbocycles. The highest BCUT2D eigenvalue weighted by molar-refractivity contribution is 5.73. The van der Waals surface area contributed by atoms with Gasteiger partial charge in [-0.3, -0.25) is 4.90 Å². The topological polar surface area (TPSA) is 119 Å². The maximum absolute atomic E-state index is 9.90. The van der Waals surface area contributed by atoms with Crippen molar-refractivity contribution in [3.8, 4) is 23.2 Å². The average Bonchev–Trinajstić information content (AvgIpc) is 3.65. The number of pyridine rings is 1. The van der Waals surface area contributed by atoms with Crippen LogP contribution in [0.15, 0.2) is 36.7 Å². The molecule has 3 heterocycles. The summed E-state index contributed by atoms with van der Waals surface area (Å²) < 4.78 is 6.23. The number of nitriles is 1. The number of ether oxygens (including phenoxy) is 1. The van der Waals surface area contributed by atoms with Crippen molar-refractivity contribution in [1.82, 2.24) is 19.9 Å². The van der Waals surface area contributed by atoms with Crippen molar-refractivity contribution < 1.29 is 9.84 Å². The number of likely N-dealkylation sites (tertiary alicyclic amines) is 1. The molecule has 3 aromatic rings. The van der Waals surface area contributed by atoms with Crippen molar-refractivity contribution in [2.24, 2.45) is 0 Å². The first-order valence-corrected chi connectivity index (χ1v) is 13.0. The second kappa shape index (κ2) is 11.1. The molecule has 0 bridgehead atoms. The van der Waals surface area contributed by atoms with E-state index in [4.69, 9.17) is 9.72 Å². The van der Waals surface area contributed by atoms with Crippen molar-refractivity contribution in [1.29, 1.82) is 5.26 Å². The molecule has 0 spiro atoms. The molecule has 37 heavy (non-hydrogen) atoms. The van der Waals surface area contributed by atoms with E-state index in [1.165, 1.54) is 19.3 Å². The van der Waals surface area contributed by atoms with Gasteiger partial charge in [0.05, 0.1) is 23.6 Å². The van der Waals surface area contributed by atoms with Crippen molar-refractivity contribution >= 4 is 17.3 Å². The molecule has 2 fully saturated rings. The van der Waals surface area contributed by atoms with Gasteiger partial charge in [-0.05, 0) is 75.9 Å². The second-order valence-corrected chi connectivity index (χ2v) is 9.69. The molecule has 9 heteroatoms. The third kappa shape index (κ3) is 5.66. The number of hydrogen-bond acceptors (Lipinski definition) is 9. The maximum Gasteiger partial charge on any atom is 0.237 e. The zero-order valence-electron chi connectivity index (χ0n) is 21.4. The number of rotatable bonds is 10. The molecule has 1 atom stereocenters. The lowest BCUT2D eigenvalue weighted by molar-refractivity contribution is 0.163. The zero-order chi connectivity index (χ0) is 25.8. The standard InChI is InChI=1S/C28H33N7O2/c1-3-30-26-20(14-29)12-19(13-21(26)16-36)24-8-9-31-28(33-24)34-25-11-18(2)15-32-27(25)37-17-23-5-4-10-35(23)22-6-7-22/h8-9,11-13,15,22-23,30,36H,3-7,10,16-17H2,1-2H3,(H,31,33,34). The minimum atomic E-state index is -0.185. The predicted octanol–water partition coefficient (Wildman–Crippen LogP) is 4.39. The summed E-state index contributed by atoms with van der Waals surface area (Å²) in [4.78, 5) is 16.2. The summed E-state index contributed by atoms with van der Waals surface area (Å²) in [7, 11) is 0. The Hall–Kier alpha value is -3.74. The average molecular weight is 500 g/mol. The Morgan fingerprint density at radius 3 is 2.84 bits per heavy atom. The number of nitrogens with one attached hydrogen (secondary N) is 2. The van der Waals surface area contributed by atoms with Gasteiger partial charge in [-0.2, -0.15) is 5.26 Å². The molecule has 1 aromatic carbocycles. The minimum Gasteiger partial charge on any atom is -0.475 e. The Labute approximate surface area is 217 Å². The number of aliphatic hydroxyl groups excluding tert-OH is 1. The quantitative estimate of drug-likeness (QED) is 0.373. The highest BCUT2D eigenvalue weighted by Crippen LogP contribution is 2.34. The fourth-order valence-corrected chi connectivity index (χ4v) is 5.01. The molecule has 2 aromatic heterocycles. The van der Waals surface area contributed by atoms with Gasteiger partial charge in [0, 0.05) is 42.1 Å². The lowest BCUT2D eigenvalue weighted by Crippen LogP contribution is -2.35. The monoisotopic (exact) mass is 499 g/mol. The largest absolute Gasteiger partial charge is 0.475 e. The van der Waals surface area contributed by atoms with Gasteiger partial charge >= 0.3 is 0 Å². The number of benzene rings is 1. The van der Waals surface area contributed by atoms with E-state index < -0.39 is 0 Å². The van der Waals surface area contributed by atoms with Crippen LogP contribution < -0.4 is 15.4 Å². The minimum absolute atomic E-state index is 0.185. The third-order valence-corrected chi connectivity index (χ3v) is 6.90. The zero-order valence-corrected chi connectivity index (χ0v) is 21.4. The summed E-state index contributed by atoms with van der Waals surface area (Å²) in [6.45, 7) is 6.17. The molecule has 1 aliphatic heterocycles. The molecule has 0 amide bonds. The Morgan fingerprint density at radius 2 is 2.08 bits per heavy atom. The van der Waals surface area contributed by atoms with Gasteiger partial charge in [-0.1, -0.05) is 0 Å². The summed E-state index contributed by atoms with van der Waals surface area (Å²) in [5, 5.41) is 26.0. The fourth-order valence-electron chi connectivity index (χ4n) is 5.01. The van der Waals surface area contributed by atoms with Crippen LogP contribution in [0.5, 0.6) is 5.88 Å². The van der Waals surface area contributed by atoms with Crippen LogP contribution in [-0.2, 0) is 6.61 Å². The van der Waals surface area contributed by atoms with Gasteiger partial charge in [0.2, 0.25) is 11.8 Å². The SMILES string of the molecule is CCNc1c(C#N)cc(-c2ccnc(Nc3cc(C)cnc3OCC3CCCN3C3CC3)n2)cc1CO. The number of hydrogen-bond donors (Lipinski definition) is 3. The first-order chi connectivity index (χ1) is 18.1. The summed E-state index contributed by atoms with van der Waals surface area (Å²) in [5.74, 6) is 0.932. The molecule has 1 unspecified atom stereocenters. The molecule has 1 saturated heterocycles. The number of aromatic nitrogens is 3. The van der Waals surface area contributed by atoms with Gasteiger partial charge in [0.15, 0.2) is 0 Å². The molecular weight excluding hydrogens is 466 g/mol. The molecule has 192 valence electrons. The molecule has 9 nitrogen and oxygen atoms in total. The van der Waals surface area contributed by atoms with Crippen LogP contribution in [-0.4, -0.2) is 56.7 Å². The predicted molar refractivity (Wildman–Crippen MR) is 143 cm³/mol. The number of aryl methyl sites for hydroxylation is 1. The first-order valence-electron chi connectivity index (χ1n) is 13.0. The van der Waals surface area contributed by atoms with Crippen LogP contribution in [0.4, 0.5) is 17.3 Å². The van der Waals surface area contributed by atoms with E-state index in [9.17, 15) is 10.4 Å². The Kier molecular flexibility index (Phi) is 7.49. The molecule has 5 rings (SSSR count).